The van der Waals surface area contributed by atoms with Crippen molar-refractivity contribution in [3.63, 3.8) is 0 Å². The Morgan fingerprint density at radius 1 is 1.15 bits per heavy atom. The van der Waals surface area contributed by atoms with Crippen molar-refractivity contribution in [2.45, 2.75) is 97.2 Å². The SMILES string of the molecule is C=C1CC23CCC4C(C)(C(=O)O)CCCC4(C)C2CCC1(OC(C)C)C3. The lowest BCUT2D eigenvalue weighted by atomic mass is 9.41. The van der Waals surface area contributed by atoms with Gasteiger partial charge in [-0.1, -0.05) is 19.9 Å². The molecule has 0 saturated heterocycles. The molecule has 6 unspecified atom stereocenters. The third-order valence-electron chi connectivity index (χ3n) is 9.08. The molecule has 0 amide bonds. The van der Waals surface area contributed by atoms with E-state index < -0.39 is 11.4 Å². The number of aliphatic carboxylic acids is 1. The van der Waals surface area contributed by atoms with Crippen molar-refractivity contribution in [1.82, 2.24) is 0 Å². The van der Waals surface area contributed by atoms with Crippen LogP contribution in [0.3, 0.4) is 0 Å². The molecule has 3 heteroatoms. The van der Waals surface area contributed by atoms with Crippen molar-refractivity contribution in [2.24, 2.45) is 28.1 Å². The summed E-state index contributed by atoms with van der Waals surface area (Å²) in [5.74, 6) is 0.355. The van der Waals surface area contributed by atoms with E-state index in [1.54, 1.807) is 0 Å². The van der Waals surface area contributed by atoms with E-state index >= 15 is 0 Å². The van der Waals surface area contributed by atoms with Crippen LogP contribution in [0.1, 0.15) is 85.5 Å². The average Bonchev–Trinajstić information content (AvgIpc) is 2.72. The Morgan fingerprint density at radius 2 is 1.85 bits per heavy atom. The number of ether oxygens (including phenoxy) is 1. The van der Waals surface area contributed by atoms with Crippen LogP contribution in [0.15, 0.2) is 12.2 Å². The summed E-state index contributed by atoms with van der Waals surface area (Å²) in [5, 5.41) is 10.0. The molecule has 0 aromatic heterocycles. The zero-order chi connectivity index (χ0) is 19.0. The maximum atomic E-state index is 12.2. The van der Waals surface area contributed by atoms with Crippen molar-refractivity contribution < 1.29 is 14.6 Å². The van der Waals surface area contributed by atoms with Crippen LogP contribution in [0.4, 0.5) is 0 Å². The van der Waals surface area contributed by atoms with E-state index in [4.69, 9.17) is 4.74 Å². The second-order valence-electron chi connectivity index (χ2n) is 10.7. The van der Waals surface area contributed by atoms with E-state index in [9.17, 15) is 9.90 Å². The zero-order valence-electron chi connectivity index (χ0n) is 17.1. The minimum absolute atomic E-state index is 0.112. The van der Waals surface area contributed by atoms with Gasteiger partial charge in [-0.05, 0) is 100 Å². The first-order valence-electron chi connectivity index (χ1n) is 10.7. The summed E-state index contributed by atoms with van der Waals surface area (Å²) in [6, 6.07) is 0. The fourth-order valence-corrected chi connectivity index (χ4v) is 8.22. The second kappa shape index (κ2) is 5.59. The van der Waals surface area contributed by atoms with Crippen molar-refractivity contribution in [1.29, 1.82) is 0 Å². The van der Waals surface area contributed by atoms with Gasteiger partial charge in [0.1, 0.15) is 0 Å². The first-order valence-corrected chi connectivity index (χ1v) is 10.7. The predicted octanol–water partition coefficient (Wildman–Crippen LogP) is 5.59. The van der Waals surface area contributed by atoms with E-state index in [2.05, 4.69) is 27.4 Å². The summed E-state index contributed by atoms with van der Waals surface area (Å²) in [5.41, 5.74) is 1.10. The normalized spacial score (nSPS) is 50.4. The molecule has 0 aromatic rings. The Bertz CT molecular complexity index is 639. The largest absolute Gasteiger partial charge is 0.481 e. The van der Waals surface area contributed by atoms with Gasteiger partial charge in [0.15, 0.2) is 0 Å². The molecule has 0 aliphatic heterocycles. The van der Waals surface area contributed by atoms with E-state index in [1.807, 2.05) is 6.92 Å². The Labute approximate surface area is 158 Å². The summed E-state index contributed by atoms with van der Waals surface area (Å²) in [6.45, 7) is 13.2. The molecular weight excluding hydrogens is 324 g/mol. The third kappa shape index (κ3) is 2.25. The van der Waals surface area contributed by atoms with Gasteiger partial charge in [-0.15, -0.1) is 0 Å². The number of hydrogen-bond donors (Lipinski definition) is 1. The third-order valence-corrected chi connectivity index (χ3v) is 9.08. The van der Waals surface area contributed by atoms with Gasteiger partial charge in [-0.25, -0.2) is 0 Å². The second-order valence-corrected chi connectivity index (χ2v) is 10.7. The van der Waals surface area contributed by atoms with Gasteiger partial charge in [0, 0.05) is 0 Å². The van der Waals surface area contributed by atoms with Crippen LogP contribution in [-0.4, -0.2) is 22.8 Å². The number of rotatable bonds is 3. The highest BCUT2D eigenvalue weighted by Crippen LogP contribution is 2.73. The quantitative estimate of drug-likeness (QED) is 0.668. The van der Waals surface area contributed by atoms with Gasteiger partial charge in [-0.2, -0.15) is 0 Å². The van der Waals surface area contributed by atoms with Crippen molar-refractivity contribution in [2.75, 3.05) is 0 Å². The number of carbonyl (C=O) groups is 1. The van der Waals surface area contributed by atoms with Gasteiger partial charge in [0.25, 0.3) is 0 Å². The highest BCUT2D eigenvalue weighted by molar-refractivity contribution is 5.75. The first-order chi connectivity index (χ1) is 12.1. The van der Waals surface area contributed by atoms with Crippen molar-refractivity contribution in [3.8, 4) is 0 Å². The maximum Gasteiger partial charge on any atom is 0.309 e. The molecule has 2 bridgehead atoms. The molecule has 0 aromatic carbocycles. The van der Waals surface area contributed by atoms with Gasteiger partial charge in [-0.3, -0.25) is 4.79 Å². The van der Waals surface area contributed by atoms with Crippen molar-refractivity contribution >= 4 is 5.97 Å². The van der Waals surface area contributed by atoms with E-state index in [0.29, 0.717) is 17.3 Å². The van der Waals surface area contributed by atoms with Gasteiger partial charge < -0.3 is 9.84 Å². The molecule has 4 saturated carbocycles. The summed E-state index contributed by atoms with van der Waals surface area (Å²) < 4.78 is 6.48. The van der Waals surface area contributed by atoms with Crippen LogP contribution >= 0.6 is 0 Å². The smallest absolute Gasteiger partial charge is 0.309 e. The molecule has 1 spiro atoms. The van der Waals surface area contributed by atoms with E-state index in [0.717, 1.165) is 44.9 Å². The fraction of sp³-hybridized carbons (Fsp3) is 0.870. The highest BCUT2D eigenvalue weighted by atomic mass is 16.5. The molecule has 4 aliphatic rings. The standard InChI is InChI=1S/C23H36O3/c1-15(2)26-23-12-8-18-20(4)9-6-10-21(5,19(24)25)17(20)7-11-22(18,14-23)13-16(23)3/h15,17-18H,3,6-14H2,1-2,4-5H3,(H,24,25). The molecule has 146 valence electrons. The molecule has 0 radical (unpaired) electrons. The highest BCUT2D eigenvalue weighted by Gasteiger charge is 2.68. The summed E-state index contributed by atoms with van der Waals surface area (Å²) in [7, 11) is 0. The van der Waals surface area contributed by atoms with Crippen LogP contribution in [-0.2, 0) is 9.53 Å². The molecule has 0 heterocycles. The molecule has 1 N–H and O–H groups in total. The van der Waals surface area contributed by atoms with Crippen LogP contribution in [0, 0.1) is 28.1 Å². The van der Waals surface area contributed by atoms with Crippen LogP contribution in [0.2, 0.25) is 0 Å². The monoisotopic (exact) mass is 360 g/mol. The molecule has 4 aliphatic carbocycles. The lowest BCUT2D eigenvalue weighted by molar-refractivity contribution is -0.191. The summed E-state index contributed by atoms with van der Waals surface area (Å²) in [4.78, 5) is 12.2. The van der Waals surface area contributed by atoms with Gasteiger partial charge in [0.2, 0.25) is 0 Å². The molecule has 4 fully saturated rings. The van der Waals surface area contributed by atoms with Gasteiger partial charge in [0.05, 0.1) is 17.1 Å². The molecule has 4 rings (SSSR count). The topological polar surface area (TPSA) is 46.5 Å². The lowest BCUT2D eigenvalue weighted by Gasteiger charge is -2.63. The number of hydrogen-bond acceptors (Lipinski definition) is 2. The van der Waals surface area contributed by atoms with Gasteiger partial charge >= 0.3 is 5.97 Å². The molecule has 3 nitrogen and oxygen atoms in total. The van der Waals surface area contributed by atoms with E-state index in [-0.39, 0.29) is 17.1 Å². The zero-order valence-corrected chi connectivity index (χ0v) is 17.1. The first kappa shape index (κ1) is 18.5. The minimum atomic E-state index is -0.575. The maximum absolute atomic E-state index is 12.2. The summed E-state index contributed by atoms with van der Waals surface area (Å²) in [6.07, 6.45) is 9.99. The fourth-order valence-electron chi connectivity index (χ4n) is 8.22. The van der Waals surface area contributed by atoms with Crippen LogP contribution in [0.5, 0.6) is 0 Å². The van der Waals surface area contributed by atoms with Crippen LogP contribution in [0.25, 0.3) is 0 Å². The Hall–Kier alpha value is -0.830. The Kier molecular flexibility index (Phi) is 3.99. The Morgan fingerprint density at radius 3 is 2.50 bits per heavy atom. The van der Waals surface area contributed by atoms with E-state index in [1.165, 1.54) is 18.4 Å². The molecular formula is C23H36O3. The minimum Gasteiger partial charge on any atom is -0.481 e. The number of carboxylic acid groups (broad SMARTS) is 1. The van der Waals surface area contributed by atoms with Crippen molar-refractivity contribution in [3.05, 3.63) is 12.2 Å². The Balaban J connectivity index is 1.70. The molecule has 6 atom stereocenters. The predicted molar refractivity (Wildman–Crippen MR) is 103 cm³/mol. The van der Waals surface area contributed by atoms with Crippen LogP contribution < -0.4 is 0 Å². The number of carboxylic acids is 1. The average molecular weight is 361 g/mol. The lowest BCUT2D eigenvalue weighted by Crippen LogP contribution is -2.59. The number of fused-ring (bicyclic) bond motifs is 3. The molecule has 26 heavy (non-hydrogen) atoms. The summed E-state index contributed by atoms with van der Waals surface area (Å²) >= 11 is 0.